The summed E-state index contributed by atoms with van der Waals surface area (Å²) in [5, 5.41) is 16.2. The van der Waals surface area contributed by atoms with Crippen molar-refractivity contribution in [3.05, 3.63) is 84.5 Å². The third-order valence-electron chi connectivity index (χ3n) is 4.48. The van der Waals surface area contributed by atoms with Crippen LogP contribution >= 0.6 is 0 Å². The van der Waals surface area contributed by atoms with Gasteiger partial charge in [-0.05, 0) is 30.2 Å². The Kier molecular flexibility index (Phi) is 5.03. The highest BCUT2D eigenvalue weighted by Crippen LogP contribution is 2.27. The van der Waals surface area contributed by atoms with Crippen LogP contribution in [-0.4, -0.2) is 26.2 Å². The van der Waals surface area contributed by atoms with Crippen LogP contribution in [0, 0.1) is 0 Å². The highest BCUT2D eigenvalue weighted by Gasteiger charge is 2.15. The summed E-state index contributed by atoms with van der Waals surface area (Å²) in [7, 11) is 0. The molecule has 144 valence electrons. The van der Waals surface area contributed by atoms with E-state index >= 15 is 0 Å². The van der Waals surface area contributed by atoms with E-state index in [1.165, 1.54) is 5.56 Å². The summed E-state index contributed by atoms with van der Waals surface area (Å²) in [5.74, 6) is -1.47. The van der Waals surface area contributed by atoms with E-state index in [1.54, 1.807) is 18.5 Å². The zero-order chi connectivity index (χ0) is 20.2. The van der Waals surface area contributed by atoms with Gasteiger partial charge in [0.05, 0.1) is 5.69 Å². The van der Waals surface area contributed by atoms with Crippen LogP contribution in [0.25, 0.3) is 22.5 Å². The quantitative estimate of drug-likeness (QED) is 0.496. The Morgan fingerprint density at radius 3 is 2.55 bits per heavy atom. The molecule has 2 heterocycles. The standard InChI is InChI=1S/C22H18N4O3/c1-14(15-6-3-2-4-7-15)24-19-11-18(12-23-13-19)16-8-5-9-17(10-16)20-25-21(22(27)28)29-26-20/h2-14,24H,1H3,(H,27,28)/t14-/m0/s1. The van der Waals surface area contributed by atoms with Crippen molar-refractivity contribution < 1.29 is 14.4 Å². The molecule has 7 heteroatoms. The van der Waals surface area contributed by atoms with Gasteiger partial charge in [0.1, 0.15) is 0 Å². The first kappa shape index (κ1) is 18.4. The molecule has 7 nitrogen and oxygen atoms in total. The maximum Gasteiger partial charge on any atom is 0.394 e. The number of hydrogen-bond donors (Lipinski definition) is 2. The van der Waals surface area contributed by atoms with Gasteiger partial charge in [0.25, 0.3) is 0 Å². The zero-order valence-corrected chi connectivity index (χ0v) is 15.6. The van der Waals surface area contributed by atoms with Crippen molar-refractivity contribution in [1.82, 2.24) is 15.1 Å². The molecular formula is C22H18N4O3. The van der Waals surface area contributed by atoms with Gasteiger partial charge in [-0.1, -0.05) is 53.7 Å². The van der Waals surface area contributed by atoms with Crippen molar-refractivity contribution >= 4 is 11.7 Å². The lowest BCUT2D eigenvalue weighted by Crippen LogP contribution is -2.06. The van der Waals surface area contributed by atoms with Gasteiger partial charge in [-0.15, -0.1) is 0 Å². The first-order valence-corrected chi connectivity index (χ1v) is 9.04. The molecule has 0 aliphatic rings. The number of benzene rings is 2. The molecule has 0 unspecified atom stereocenters. The van der Waals surface area contributed by atoms with Gasteiger partial charge in [0.15, 0.2) is 0 Å². The molecule has 0 aliphatic carbocycles. The average molecular weight is 386 g/mol. The Bertz CT molecular complexity index is 1140. The fraction of sp³-hybridized carbons (Fsp3) is 0.0909. The van der Waals surface area contributed by atoms with Crippen molar-refractivity contribution in [3.63, 3.8) is 0 Å². The number of aromatic nitrogens is 3. The first-order chi connectivity index (χ1) is 14.1. The number of nitrogens with zero attached hydrogens (tertiary/aromatic N) is 3. The molecule has 2 aromatic carbocycles. The predicted molar refractivity (Wildman–Crippen MR) is 108 cm³/mol. The van der Waals surface area contributed by atoms with Crippen molar-refractivity contribution in [1.29, 1.82) is 0 Å². The Hall–Kier alpha value is -4.00. The predicted octanol–water partition coefficient (Wildman–Crippen LogP) is 4.67. The van der Waals surface area contributed by atoms with Gasteiger partial charge in [0, 0.05) is 29.6 Å². The molecule has 0 radical (unpaired) electrons. The van der Waals surface area contributed by atoms with Gasteiger partial charge >= 0.3 is 11.9 Å². The van der Waals surface area contributed by atoms with Crippen LogP contribution in [0.3, 0.4) is 0 Å². The molecule has 4 rings (SSSR count). The molecule has 0 saturated carbocycles. The van der Waals surface area contributed by atoms with E-state index in [-0.39, 0.29) is 11.9 Å². The number of aromatic carboxylic acids is 1. The van der Waals surface area contributed by atoms with Crippen LogP contribution in [0.5, 0.6) is 0 Å². The Morgan fingerprint density at radius 1 is 1.00 bits per heavy atom. The van der Waals surface area contributed by atoms with E-state index in [9.17, 15) is 4.79 Å². The molecule has 0 saturated heterocycles. The zero-order valence-electron chi connectivity index (χ0n) is 15.6. The SMILES string of the molecule is C[C@H](Nc1cncc(-c2cccc(-c3noc(C(=O)O)n3)c2)c1)c1ccccc1. The Morgan fingerprint density at radius 2 is 1.79 bits per heavy atom. The molecular weight excluding hydrogens is 368 g/mol. The lowest BCUT2D eigenvalue weighted by molar-refractivity contribution is 0.0643. The molecule has 2 aromatic heterocycles. The lowest BCUT2D eigenvalue weighted by Gasteiger charge is -2.16. The van der Waals surface area contributed by atoms with Gasteiger partial charge in [-0.2, -0.15) is 4.98 Å². The van der Waals surface area contributed by atoms with Crippen molar-refractivity contribution in [3.8, 4) is 22.5 Å². The topological polar surface area (TPSA) is 101 Å². The van der Waals surface area contributed by atoms with Crippen LogP contribution in [0.2, 0.25) is 0 Å². The fourth-order valence-electron chi connectivity index (χ4n) is 3.02. The monoisotopic (exact) mass is 386 g/mol. The molecule has 0 aliphatic heterocycles. The summed E-state index contributed by atoms with van der Waals surface area (Å²) in [6, 6.07) is 19.8. The maximum atomic E-state index is 11.0. The summed E-state index contributed by atoms with van der Waals surface area (Å²) in [4.78, 5) is 19.2. The molecule has 0 fully saturated rings. The molecule has 4 aromatic rings. The minimum absolute atomic E-state index is 0.133. The van der Waals surface area contributed by atoms with Gasteiger partial charge in [-0.3, -0.25) is 4.98 Å². The smallest absolute Gasteiger partial charge is 0.394 e. The fourth-order valence-corrected chi connectivity index (χ4v) is 3.02. The van der Waals surface area contributed by atoms with E-state index in [4.69, 9.17) is 9.63 Å². The minimum Gasteiger partial charge on any atom is -0.474 e. The van der Waals surface area contributed by atoms with E-state index in [0.717, 1.165) is 16.8 Å². The highest BCUT2D eigenvalue weighted by atomic mass is 16.5. The van der Waals surface area contributed by atoms with Crippen molar-refractivity contribution in [2.45, 2.75) is 13.0 Å². The Labute approximate surface area is 167 Å². The van der Waals surface area contributed by atoms with Gasteiger partial charge < -0.3 is 14.9 Å². The van der Waals surface area contributed by atoms with E-state index < -0.39 is 11.9 Å². The summed E-state index contributed by atoms with van der Waals surface area (Å²) in [5.41, 5.74) is 4.57. The van der Waals surface area contributed by atoms with Crippen LogP contribution in [0.1, 0.15) is 29.2 Å². The number of hydrogen-bond acceptors (Lipinski definition) is 6. The van der Waals surface area contributed by atoms with E-state index in [0.29, 0.717) is 5.56 Å². The van der Waals surface area contributed by atoms with Crippen LogP contribution < -0.4 is 5.32 Å². The average Bonchev–Trinajstić information content (AvgIpc) is 3.25. The molecule has 29 heavy (non-hydrogen) atoms. The van der Waals surface area contributed by atoms with Crippen molar-refractivity contribution in [2.75, 3.05) is 5.32 Å². The summed E-state index contributed by atoms with van der Waals surface area (Å²) < 4.78 is 4.75. The third-order valence-corrected chi connectivity index (χ3v) is 4.48. The second-order valence-electron chi connectivity index (χ2n) is 6.55. The number of nitrogens with one attached hydrogen (secondary N) is 1. The first-order valence-electron chi connectivity index (χ1n) is 9.04. The van der Waals surface area contributed by atoms with Crippen molar-refractivity contribution in [2.24, 2.45) is 0 Å². The van der Waals surface area contributed by atoms with Gasteiger partial charge in [0.2, 0.25) is 5.82 Å². The summed E-state index contributed by atoms with van der Waals surface area (Å²) in [6.07, 6.45) is 3.56. The minimum atomic E-state index is -1.25. The van der Waals surface area contributed by atoms with Crippen LogP contribution in [0.15, 0.2) is 77.6 Å². The molecule has 0 amide bonds. The van der Waals surface area contributed by atoms with E-state index in [2.05, 4.69) is 39.5 Å². The second-order valence-corrected chi connectivity index (χ2v) is 6.55. The number of carboxylic acid groups (broad SMARTS) is 1. The highest BCUT2D eigenvalue weighted by molar-refractivity contribution is 5.82. The molecule has 0 spiro atoms. The lowest BCUT2D eigenvalue weighted by atomic mass is 10.0. The molecule has 1 atom stereocenters. The third kappa shape index (κ3) is 4.14. The number of rotatable bonds is 6. The van der Waals surface area contributed by atoms with Gasteiger partial charge in [-0.25, -0.2) is 4.79 Å². The molecule has 0 bridgehead atoms. The molecule has 2 N–H and O–H groups in total. The summed E-state index contributed by atoms with van der Waals surface area (Å²) >= 11 is 0. The normalized spacial score (nSPS) is 11.8. The number of pyridine rings is 1. The van der Waals surface area contributed by atoms with Crippen LogP contribution in [-0.2, 0) is 0 Å². The maximum absolute atomic E-state index is 11.0. The van der Waals surface area contributed by atoms with E-state index in [1.807, 2.05) is 42.5 Å². The largest absolute Gasteiger partial charge is 0.474 e. The van der Waals surface area contributed by atoms with Crippen LogP contribution in [0.4, 0.5) is 5.69 Å². The summed E-state index contributed by atoms with van der Waals surface area (Å²) in [6.45, 7) is 2.10. The second kappa shape index (κ2) is 7.93. The number of anilines is 1. The Balaban J connectivity index is 1.59. The number of carboxylic acids is 1. The number of carbonyl (C=O) groups is 1.